The largest absolute Gasteiger partial charge is 0.241 e. The van der Waals surface area contributed by atoms with Crippen LogP contribution in [0.1, 0.15) is 37.9 Å². The highest BCUT2D eigenvalue weighted by Crippen LogP contribution is 2.25. The van der Waals surface area contributed by atoms with Crippen molar-refractivity contribution in [3.8, 4) is 5.69 Å². The molecule has 142 valence electrons. The minimum absolute atomic E-state index is 0.0925. The molecule has 3 aromatic rings. The summed E-state index contributed by atoms with van der Waals surface area (Å²) in [4.78, 5) is 0.173. The molecule has 0 radical (unpaired) electrons. The highest BCUT2D eigenvalue weighted by Gasteiger charge is 2.24. The molecule has 0 aliphatic heterocycles. The first-order valence-corrected chi connectivity index (χ1v) is 10.3. The number of hydrogen-bond donors (Lipinski definition) is 1. The lowest BCUT2D eigenvalue weighted by Crippen LogP contribution is -2.32. The summed E-state index contributed by atoms with van der Waals surface area (Å²) in [5.74, 6) is 0.0925. The molecule has 0 aliphatic carbocycles. The van der Waals surface area contributed by atoms with Gasteiger partial charge < -0.3 is 0 Å². The van der Waals surface area contributed by atoms with Gasteiger partial charge in [0.1, 0.15) is 6.33 Å². The van der Waals surface area contributed by atoms with Crippen LogP contribution in [0.2, 0.25) is 0 Å². The Hall–Kier alpha value is -2.58. The normalized spacial score (nSPS) is 13.0. The molecule has 1 N–H and O–H groups in total. The van der Waals surface area contributed by atoms with Gasteiger partial charge in [0, 0.05) is 6.04 Å². The summed E-state index contributed by atoms with van der Waals surface area (Å²) in [6, 6.07) is 14.3. The van der Waals surface area contributed by atoms with Gasteiger partial charge in [-0.05, 0) is 52.1 Å². The summed E-state index contributed by atoms with van der Waals surface area (Å²) in [6.45, 7) is 6.09. The van der Waals surface area contributed by atoms with E-state index in [9.17, 15) is 8.42 Å². The zero-order valence-corrected chi connectivity index (χ0v) is 16.4. The van der Waals surface area contributed by atoms with E-state index in [1.165, 1.54) is 16.6 Å². The van der Waals surface area contributed by atoms with Crippen LogP contribution in [0.25, 0.3) is 5.69 Å². The van der Waals surface area contributed by atoms with Gasteiger partial charge in [0.2, 0.25) is 10.0 Å². The van der Waals surface area contributed by atoms with Crippen LogP contribution in [0.3, 0.4) is 0 Å². The van der Waals surface area contributed by atoms with Crippen LogP contribution in [-0.4, -0.2) is 28.6 Å². The summed E-state index contributed by atoms with van der Waals surface area (Å²) < 4.78 is 30.3. The standard InChI is InChI=1S/C19H23N5O2S/c1-4-15-8-10-16(11-9-15)19(14(2)3)21-27(25,26)18-7-5-6-17(12-18)24-13-20-22-23-24/h5-14,19,21H,4H2,1-3H3/t19-/m0/s1. The summed E-state index contributed by atoms with van der Waals surface area (Å²) in [5, 5.41) is 11.0. The van der Waals surface area contributed by atoms with Crippen molar-refractivity contribution in [2.45, 2.75) is 38.1 Å². The van der Waals surface area contributed by atoms with E-state index in [1.54, 1.807) is 24.3 Å². The third-order valence-electron chi connectivity index (χ3n) is 4.44. The molecule has 2 aromatic carbocycles. The maximum Gasteiger partial charge on any atom is 0.241 e. The van der Waals surface area contributed by atoms with E-state index in [1.807, 2.05) is 38.1 Å². The molecule has 0 bridgehead atoms. The fourth-order valence-corrected chi connectivity index (χ4v) is 4.27. The fourth-order valence-electron chi connectivity index (χ4n) is 2.86. The third kappa shape index (κ3) is 4.40. The molecule has 27 heavy (non-hydrogen) atoms. The molecule has 0 amide bonds. The number of rotatable bonds is 7. The highest BCUT2D eigenvalue weighted by atomic mass is 32.2. The topological polar surface area (TPSA) is 89.8 Å². The maximum absolute atomic E-state index is 13.0. The smallest absolute Gasteiger partial charge is 0.207 e. The molecular formula is C19H23N5O2S. The van der Waals surface area contributed by atoms with Gasteiger partial charge in [-0.2, -0.15) is 0 Å². The fraction of sp³-hybridized carbons (Fsp3) is 0.316. The molecule has 0 spiro atoms. The Bertz CT molecular complexity index is 983. The SMILES string of the molecule is CCc1ccc([C@@H](NS(=O)(=O)c2cccc(-n3cnnn3)c2)C(C)C)cc1. The summed E-state index contributed by atoms with van der Waals surface area (Å²) in [7, 11) is -3.71. The van der Waals surface area contributed by atoms with Gasteiger partial charge in [-0.3, -0.25) is 0 Å². The molecule has 1 atom stereocenters. The number of nitrogens with zero attached hydrogens (tertiary/aromatic N) is 4. The Morgan fingerprint density at radius 2 is 1.85 bits per heavy atom. The average Bonchev–Trinajstić information content (AvgIpc) is 3.21. The number of benzene rings is 2. The van der Waals surface area contributed by atoms with E-state index >= 15 is 0 Å². The van der Waals surface area contributed by atoms with Crippen molar-refractivity contribution in [3.05, 3.63) is 66.0 Å². The minimum atomic E-state index is -3.71. The zero-order chi connectivity index (χ0) is 19.4. The van der Waals surface area contributed by atoms with Gasteiger partial charge in [0.15, 0.2) is 0 Å². The molecule has 7 nitrogen and oxygen atoms in total. The number of nitrogens with one attached hydrogen (secondary N) is 1. The summed E-state index contributed by atoms with van der Waals surface area (Å²) >= 11 is 0. The van der Waals surface area contributed by atoms with Gasteiger partial charge in [0.25, 0.3) is 0 Å². The quantitative estimate of drug-likeness (QED) is 0.675. The molecule has 3 rings (SSSR count). The van der Waals surface area contributed by atoms with E-state index in [-0.39, 0.29) is 16.9 Å². The highest BCUT2D eigenvalue weighted by molar-refractivity contribution is 7.89. The van der Waals surface area contributed by atoms with E-state index in [2.05, 4.69) is 27.2 Å². The second kappa shape index (κ2) is 7.98. The van der Waals surface area contributed by atoms with E-state index < -0.39 is 10.0 Å². The van der Waals surface area contributed by atoms with Crippen LogP contribution in [0.4, 0.5) is 0 Å². The summed E-state index contributed by atoms with van der Waals surface area (Å²) in [5.41, 5.74) is 2.75. The van der Waals surface area contributed by atoms with Crippen molar-refractivity contribution in [1.29, 1.82) is 0 Å². The predicted molar refractivity (Wildman–Crippen MR) is 103 cm³/mol. The molecule has 8 heteroatoms. The first-order chi connectivity index (χ1) is 12.9. The zero-order valence-electron chi connectivity index (χ0n) is 15.6. The second-order valence-electron chi connectivity index (χ2n) is 6.69. The molecule has 0 fully saturated rings. The number of hydrogen-bond acceptors (Lipinski definition) is 5. The van der Waals surface area contributed by atoms with Gasteiger partial charge >= 0.3 is 0 Å². The molecule has 0 saturated carbocycles. The van der Waals surface area contributed by atoms with Crippen LogP contribution in [0, 0.1) is 5.92 Å². The molecule has 1 aromatic heterocycles. The first kappa shape index (κ1) is 19.2. The lowest BCUT2D eigenvalue weighted by molar-refractivity contribution is 0.463. The van der Waals surface area contributed by atoms with Gasteiger partial charge in [-0.1, -0.05) is 51.1 Å². The number of sulfonamides is 1. The van der Waals surface area contributed by atoms with Crippen LogP contribution < -0.4 is 4.72 Å². The molecule has 0 aliphatic rings. The van der Waals surface area contributed by atoms with Crippen LogP contribution >= 0.6 is 0 Å². The Morgan fingerprint density at radius 3 is 2.44 bits per heavy atom. The van der Waals surface area contributed by atoms with Crippen LogP contribution in [-0.2, 0) is 16.4 Å². The monoisotopic (exact) mass is 385 g/mol. The van der Waals surface area contributed by atoms with Crippen molar-refractivity contribution in [3.63, 3.8) is 0 Å². The van der Waals surface area contributed by atoms with Crippen molar-refractivity contribution < 1.29 is 8.42 Å². The maximum atomic E-state index is 13.0. The minimum Gasteiger partial charge on any atom is -0.207 e. The van der Waals surface area contributed by atoms with Gasteiger partial charge in [0.05, 0.1) is 10.6 Å². The van der Waals surface area contributed by atoms with E-state index in [0.717, 1.165) is 12.0 Å². The van der Waals surface area contributed by atoms with Crippen molar-refractivity contribution >= 4 is 10.0 Å². The number of tetrazole rings is 1. The van der Waals surface area contributed by atoms with Gasteiger partial charge in [-0.25, -0.2) is 17.8 Å². The third-order valence-corrected chi connectivity index (χ3v) is 5.88. The van der Waals surface area contributed by atoms with Crippen molar-refractivity contribution in [1.82, 2.24) is 24.9 Å². The average molecular weight is 385 g/mol. The number of aryl methyl sites for hydroxylation is 1. The van der Waals surface area contributed by atoms with Gasteiger partial charge in [-0.15, -0.1) is 5.10 Å². The molecular weight excluding hydrogens is 362 g/mol. The van der Waals surface area contributed by atoms with Crippen molar-refractivity contribution in [2.75, 3.05) is 0 Å². The Labute approximate surface area is 159 Å². The van der Waals surface area contributed by atoms with Crippen molar-refractivity contribution in [2.24, 2.45) is 5.92 Å². The molecule has 1 heterocycles. The van der Waals surface area contributed by atoms with Crippen LogP contribution in [0.15, 0.2) is 59.8 Å². The van der Waals surface area contributed by atoms with Crippen LogP contribution in [0.5, 0.6) is 0 Å². The summed E-state index contributed by atoms with van der Waals surface area (Å²) in [6.07, 6.45) is 2.37. The first-order valence-electron chi connectivity index (χ1n) is 8.85. The lowest BCUT2D eigenvalue weighted by Gasteiger charge is -2.23. The Kier molecular flexibility index (Phi) is 5.67. The van der Waals surface area contributed by atoms with E-state index in [0.29, 0.717) is 5.69 Å². The second-order valence-corrected chi connectivity index (χ2v) is 8.40. The Morgan fingerprint density at radius 1 is 1.11 bits per heavy atom. The molecule has 0 saturated heterocycles. The lowest BCUT2D eigenvalue weighted by atomic mass is 9.96. The Balaban J connectivity index is 1.90. The molecule has 0 unspecified atom stereocenters. The van der Waals surface area contributed by atoms with E-state index in [4.69, 9.17) is 0 Å². The number of aromatic nitrogens is 4. The predicted octanol–water partition coefficient (Wildman–Crippen LogP) is 2.90.